The predicted octanol–water partition coefficient (Wildman–Crippen LogP) is 3.16. The molecule has 1 aliphatic carbocycles. The van der Waals surface area contributed by atoms with Crippen molar-refractivity contribution in [3.8, 4) is 0 Å². The molecule has 2 unspecified atom stereocenters. The van der Waals surface area contributed by atoms with Crippen molar-refractivity contribution < 1.29 is 32.7 Å². The van der Waals surface area contributed by atoms with Gasteiger partial charge in [-0.3, -0.25) is 9.59 Å². The Bertz CT molecular complexity index is 1340. The number of halogens is 3. The van der Waals surface area contributed by atoms with Crippen LogP contribution >= 0.6 is 0 Å². The molecule has 1 fully saturated rings. The number of carboxylic acids is 1. The standard InChI is InChI=1S/C24H22F3N5O4/c1-32-12-18(20(33)34)31-19(32)16-10-23(16,21(28)35)22(36)29-11-13-6-8-14(9-7-13)30-17-5-3-2-4-15(17)24(25,26)27/h2-9,12,16,30H,10-11H2,1H3,(H2,28,35)(H,29,36)(H,33,34). The molecule has 188 valence electrons. The first kappa shape index (κ1) is 24.8. The number of para-hydroxylation sites is 1. The molecular weight excluding hydrogens is 479 g/mol. The highest BCUT2D eigenvalue weighted by atomic mass is 19.4. The van der Waals surface area contributed by atoms with Gasteiger partial charge < -0.3 is 26.0 Å². The number of nitrogens with one attached hydrogen (secondary N) is 2. The quantitative estimate of drug-likeness (QED) is 0.350. The van der Waals surface area contributed by atoms with Crippen LogP contribution in [0.15, 0.2) is 54.7 Å². The molecule has 36 heavy (non-hydrogen) atoms. The van der Waals surface area contributed by atoms with E-state index in [0.717, 1.165) is 6.07 Å². The lowest BCUT2D eigenvalue weighted by Gasteiger charge is -2.15. The Kier molecular flexibility index (Phi) is 6.21. The van der Waals surface area contributed by atoms with Gasteiger partial charge in [-0.05, 0) is 36.2 Å². The minimum absolute atomic E-state index is 0.0426. The molecule has 0 saturated heterocycles. The lowest BCUT2D eigenvalue weighted by Crippen LogP contribution is -2.41. The number of carbonyl (C=O) groups is 3. The largest absolute Gasteiger partial charge is 0.476 e. The number of hydrogen-bond donors (Lipinski definition) is 4. The van der Waals surface area contributed by atoms with E-state index in [9.17, 15) is 27.6 Å². The van der Waals surface area contributed by atoms with Gasteiger partial charge in [0.05, 0.1) is 11.3 Å². The van der Waals surface area contributed by atoms with E-state index in [4.69, 9.17) is 10.8 Å². The summed E-state index contributed by atoms with van der Waals surface area (Å²) in [5.41, 5.74) is 3.97. The van der Waals surface area contributed by atoms with E-state index in [1.165, 1.54) is 29.0 Å². The normalized spacial score (nSPS) is 18.9. The lowest BCUT2D eigenvalue weighted by atomic mass is 10.0. The zero-order chi connectivity index (χ0) is 26.3. The van der Waals surface area contributed by atoms with Crippen LogP contribution in [0.5, 0.6) is 0 Å². The van der Waals surface area contributed by atoms with Gasteiger partial charge in [0.25, 0.3) is 0 Å². The summed E-state index contributed by atoms with van der Waals surface area (Å²) >= 11 is 0. The third-order valence-electron chi connectivity index (χ3n) is 6.17. The Hall–Kier alpha value is -4.35. The zero-order valence-electron chi connectivity index (χ0n) is 19.0. The number of benzene rings is 2. The van der Waals surface area contributed by atoms with Crippen LogP contribution in [-0.4, -0.2) is 32.4 Å². The second-order valence-corrected chi connectivity index (χ2v) is 8.54. The molecule has 1 heterocycles. The maximum atomic E-state index is 13.2. The Morgan fingerprint density at radius 1 is 1.17 bits per heavy atom. The Balaban J connectivity index is 1.42. The van der Waals surface area contributed by atoms with Crippen LogP contribution in [0.1, 0.15) is 39.8 Å². The predicted molar refractivity (Wildman–Crippen MR) is 122 cm³/mol. The number of imidazole rings is 1. The number of primary amides is 1. The molecule has 9 nitrogen and oxygen atoms in total. The van der Waals surface area contributed by atoms with Gasteiger partial charge in [-0.15, -0.1) is 0 Å². The second-order valence-electron chi connectivity index (χ2n) is 8.54. The molecule has 5 N–H and O–H groups in total. The summed E-state index contributed by atoms with van der Waals surface area (Å²) < 4.78 is 41.1. The van der Waals surface area contributed by atoms with Gasteiger partial charge >= 0.3 is 12.1 Å². The van der Waals surface area contributed by atoms with Gasteiger partial charge in [0.15, 0.2) is 5.69 Å². The van der Waals surface area contributed by atoms with Crippen molar-refractivity contribution >= 4 is 29.2 Å². The Labute approximate surface area is 203 Å². The number of carboxylic acid groups (broad SMARTS) is 1. The first-order valence-electron chi connectivity index (χ1n) is 10.8. The van der Waals surface area contributed by atoms with Crippen LogP contribution in [0, 0.1) is 5.41 Å². The molecule has 1 saturated carbocycles. The highest BCUT2D eigenvalue weighted by molar-refractivity contribution is 6.09. The summed E-state index contributed by atoms with van der Waals surface area (Å²) in [5.74, 6) is -3.07. The topological polar surface area (TPSA) is 139 Å². The average Bonchev–Trinajstić information content (AvgIpc) is 3.46. The van der Waals surface area contributed by atoms with E-state index in [0.29, 0.717) is 11.3 Å². The highest BCUT2D eigenvalue weighted by Crippen LogP contribution is 2.59. The van der Waals surface area contributed by atoms with E-state index < -0.39 is 40.9 Å². The van der Waals surface area contributed by atoms with Gasteiger partial charge in [-0.25, -0.2) is 9.78 Å². The monoisotopic (exact) mass is 501 g/mol. The molecule has 2 amide bonds. The number of nitrogens with two attached hydrogens (primary N) is 1. The fourth-order valence-corrected chi connectivity index (χ4v) is 4.16. The number of carbonyl (C=O) groups excluding carboxylic acids is 2. The van der Waals surface area contributed by atoms with E-state index in [1.807, 2.05) is 0 Å². The fraction of sp³-hybridized carbons (Fsp3) is 0.250. The van der Waals surface area contributed by atoms with Gasteiger partial charge in [0, 0.05) is 31.4 Å². The molecule has 0 spiro atoms. The van der Waals surface area contributed by atoms with Crippen LogP contribution in [0.25, 0.3) is 0 Å². The number of rotatable bonds is 8. The Morgan fingerprint density at radius 3 is 2.42 bits per heavy atom. The maximum absolute atomic E-state index is 13.2. The molecule has 1 aromatic heterocycles. The van der Waals surface area contributed by atoms with Crippen LogP contribution in [0.2, 0.25) is 0 Å². The molecule has 4 rings (SSSR count). The van der Waals surface area contributed by atoms with Crippen molar-refractivity contribution in [2.75, 3.05) is 5.32 Å². The number of anilines is 2. The molecule has 2 atom stereocenters. The molecular formula is C24H22F3N5O4. The van der Waals surface area contributed by atoms with Gasteiger partial charge in [-0.2, -0.15) is 13.2 Å². The number of aromatic carboxylic acids is 1. The summed E-state index contributed by atoms with van der Waals surface area (Å²) in [5, 5.41) is 14.5. The molecule has 0 bridgehead atoms. The first-order chi connectivity index (χ1) is 16.9. The van der Waals surface area contributed by atoms with E-state index in [1.54, 1.807) is 31.3 Å². The molecule has 12 heteroatoms. The van der Waals surface area contributed by atoms with Crippen LogP contribution < -0.4 is 16.4 Å². The van der Waals surface area contributed by atoms with Crippen LogP contribution in [0.4, 0.5) is 24.5 Å². The number of aromatic nitrogens is 2. The third-order valence-corrected chi connectivity index (χ3v) is 6.17. The highest BCUT2D eigenvalue weighted by Gasteiger charge is 2.66. The van der Waals surface area contributed by atoms with Crippen LogP contribution in [0.3, 0.4) is 0 Å². The number of nitrogens with zero attached hydrogens (tertiary/aromatic N) is 2. The summed E-state index contributed by atoms with van der Waals surface area (Å²) in [6, 6.07) is 11.5. The van der Waals surface area contributed by atoms with E-state index in [2.05, 4.69) is 15.6 Å². The summed E-state index contributed by atoms with van der Waals surface area (Å²) in [6.45, 7) is 0.0426. The number of alkyl halides is 3. The maximum Gasteiger partial charge on any atom is 0.418 e. The van der Waals surface area contributed by atoms with Crippen molar-refractivity contribution in [2.24, 2.45) is 18.2 Å². The molecule has 3 aromatic rings. The molecule has 1 aliphatic rings. The second kappa shape index (κ2) is 9.02. The van der Waals surface area contributed by atoms with E-state index >= 15 is 0 Å². The van der Waals surface area contributed by atoms with Crippen LogP contribution in [-0.2, 0) is 29.4 Å². The van der Waals surface area contributed by atoms with Crippen molar-refractivity contribution in [3.05, 3.63) is 77.4 Å². The van der Waals surface area contributed by atoms with Crippen molar-refractivity contribution in [1.82, 2.24) is 14.9 Å². The van der Waals surface area contributed by atoms with Gasteiger partial charge in [-0.1, -0.05) is 24.3 Å². The number of aryl methyl sites for hydroxylation is 1. The zero-order valence-corrected chi connectivity index (χ0v) is 19.0. The average molecular weight is 501 g/mol. The molecule has 2 aromatic carbocycles. The fourth-order valence-electron chi connectivity index (χ4n) is 4.16. The first-order valence-corrected chi connectivity index (χ1v) is 10.8. The molecule has 0 aliphatic heterocycles. The summed E-state index contributed by atoms with van der Waals surface area (Å²) in [4.78, 5) is 40.3. The minimum atomic E-state index is -4.50. The summed E-state index contributed by atoms with van der Waals surface area (Å²) in [6.07, 6.45) is -3.11. The smallest absolute Gasteiger partial charge is 0.418 e. The van der Waals surface area contributed by atoms with Crippen molar-refractivity contribution in [1.29, 1.82) is 0 Å². The van der Waals surface area contributed by atoms with Gasteiger partial charge in [0.1, 0.15) is 11.2 Å². The summed E-state index contributed by atoms with van der Waals surface area (Å²) in [7, 11) is 1.57. The number of amides is 2. The molecule has 0 radical (unpaired) electrons. The lowest BCUT2D eigenvalue weighted by molar-refractivity contribution is -0.137. The van der Waals surface area contributed by atoms with Gasteiger partial charge in [0.2, 0.25) is 11.8 Å². The van der Waals surface area contributed by atoms with Crippen molar-refractivity contribution in [3.63, 3.8) is 0 Å². The SMILES string of the molecule is Cn1cc(C(=O)O)nc1C1CC1(C(N)=O)C(=O)NCc1ccc(Nc2ccccc2C(F)(F)F)cc1. The van der Waals surface area contributed by atoms with E-state index in [-0.39, 0.29) is 30.2 Å². The third kappa shape index (κ3) is 4.61. The minimum Gasteiger partial charge on any atom is -0.476 e. The Morgan fingerprint density at radius 2 is 1.83 bits per heavy atom. The number of hydrogen-bond acceptors (Lipinski definition) is 5. The van der Waals surface area contributed by atoms with Crippen molar-refractivity contribution in [2.45, 2.75) is 25.1 Å².